The van der Waals surface area contributed by atoms with Crippen molar-refractivity contribution in [3.63, 3.8) is 0 Å². The van der Waals surface area contributed by atoms with Crippen LogP contribution >= 0.6 is 0 Å². The van der Waals surface area contributed by atoms with Crippen molar-refractivity contribution in [1.29, 1.82) is 0 Å². The Morgan fingerprint density at radius 1 is 1.38 bits per heavy atom. The van der Waals surface area contributed by atoms with Crippen LogP contribution < -0.4 is 0 Å². The normalized spacial score (nSPS) is 27.2. The van der Waals surface area contributed by atoms with Gasteiger partial charge in [0, 0.05) is 5.57 Å². The van der Waals surface area contributed by atoms with E-state index in [-0.39, 0.29) is 6.08 Å². The van der Waals surface area contributed by atoms with Gasteiger partial charge in [-0.15, -0.1) is 0 Å². The molecule has 0 spiro atoms. The maximum Gasteiger partial charge on any atom is 0.304 e. The first kappa shape index (κ1) is 9.95. The number of alkyl halides is 3. The zero-order chi connectivity index (χ0) is 10.2. The van der Waals surface area contributed by atoms with Crippen LogP contribution in [-0.2, 0) is 0 Å². The fourth-order valence-corrected chi connectivity index (χ4v) is 0.910. The summed E-state index contributed by atoms with van der Waals surface area (Å²) in [6, 6.07) is 0. The van der Waals surface area contributed by atoms with Crippen molar-refractivity contribution in [2.45, 2.75) is 12.1 Å². The van der Waals surface area contributed by atoms with E-state index in [1.807, 2.05) is 0 Å². The molecule has 0 aromatic carbocycles. The molecule has 0 aromatic rings. The van der Waals surface area contributed by atoms with Gasteiger partial charge in [0.15, 0.2) is 11.7 Å². The average Bonchev–Trinajstić information content (AvgIpc) is 2.08. The summed E-state index contributed by atoms with van der Waals surface area (Å²) in [5, 5.41) is 0. The van der Waals surface area contributed by atoms with Crippen molar-refractivity contribution in [1.82, 2.24) is 0 Å². The van der Waals surface area contributed by atoms with E-state index in [1.165, 1.54) is 0 Å². The summed E-state index contributed by atoms with van der Waals surface area (Å²) < 4.78 is 62.5. The van der Waals surface area contributed by atoms with Crippen LogP contribution in [0.4, 0.5) is 22.0 Å². The molecule has 0 radical (unpaired) electrons. The fourth-order valence-electron chi connectivity index (χ4n) is 0.910. The van der Waals surface area contributed by atoms with Crippen LogP contribution in [0.5, 0.6) is 0 Å². The van der Waals surface area contributed by atoms with Gasteiger partial charge >= 0.3 is 5.92 Å². The van der Waals surface area contributed by atoms with Gasteiger partial charge in [-0.05, 0) is 6.08 Å². The molecule has 1 unspecified atom stereocenters. The first-order valence-electron chi connectivity index (χ1n) is 3.33. The van der Waals surface area contributed by atoms with E-state index in [0.29, 0.717) is 6.08 Å². The molecular formula is C8H5F5. The third-order valence-corrected chi connectivity index (χ3v) is 1.59. The second-order valence-corrected chi connectivity index (χ2v) is 2.50. The van der Waals surface area contributed by atoms with E-state index in [0.717, 1.165) is 0 Å². The summed E-state index contributed by atoms with van der Waals surface area (Å²) in [5.41, 5.74) is -0.726. The third kappa shape index (κ3) is 1.50. The molecule has 0 saturated heterocycles. The highest BCUT2D eigenvalue weighted by Gasteiger charge is 2.46. The van der Waals surface area contributed by atoms with E-state index < -0.39 is 29.3 Å². The lowest BCUT2D eigenvalue weighted by molar-refractivity contribution is -0.0240. The first-order chi connectivity index (χ1) is 5.90. The minimum absolute atomic E-state index is 0.0169. The van der Waals surface area contributed by atoms with Gasteiger partial charge in [-0.25, -0.2) is 13.2 Å². The lowest BCUT2D eigenvalue weighted by Gasteiger charge is -2.21. The van der Waals surface area contributed by atoms with Crippen LogP contribution in [-0.4, -0.2) is 12.1 Å². The lowest BCUT2D eigenvalue weighted by atomic mass is 10.0. The summed E-state index contributed by atoms with van der Waals surface area (Å²) in [6.07, 6.45) is -2.52. The molecule has 0 nitrogen and oxygen atoms in total. The molecule has 0 fully saturated rings. The summed E-state index contributed by atoms with van der Waals surface area (Å²) in [4.78, 5) is 0. The van der Waals surface area contributed by atoms with Crippen molar-refractivity contribution in [3.05, 3.63) is 36.0 Å². The Hall–Kier alpha value is -1.13. The van der Waals surface area contributed by atoms with Gasteiger partial charge in [-0.3, -0.25) is 0 Å². The minimum Gasteiger partial charge on any atom is -0.232 e. The molecule has 0 bridgehead atoms. The number of rotatable bonds is 1. The molecule has 72 valence electrons. The highest BCUT2D eigenvalue weighted by molar-refractivity contribution is 5.43. The fraction of sp³-hybridized carbons (Fsp3) is 0.250. The Morgan fingerprint density at radius 2 is 1.92 bits per heavy atom. The average molecular weight is 196 g/mol. The van der Waals surface area contributed by atoms with E-state index in [1.54, 1.807) is 0 Å². The lowest BCUT2D eigenvalue weighted by Crippen LogP contribution is -2.31. The number of allylic oxidation sites excluding steroid dienone is 5. The van der Waals surface area contributed by atoms with Crippen molar-refractivity contribution in [2.24, 2.45) is 0 Å². The highest BCUT2D eigenvalue weighted by Crippen LogP contribution is 2.39. The zero-order valence-electron chi connectivity index (χ0n) is 6.33. The largest absolute Gasteiger partial charge is 0.304 e. The van der Waals surface area contributed by atoms with Gasteiger partial charge in [0.25, 0.3) is 0 Å². The Balaban J connectivity index is 3.22. The zero-order valence-corrected chi connectivity index (χ0v) is 6.33. The molecule has 0 saturated carbocycles. The molecule has 1 aliphatic rings. The standard InChI is InChI=1S/C8H5F5/c1-2-4-3-8(12,13)7(11)6(10)5(4)9/h2-3,7H,1H2. The third-order valence-electron chi connectivity index (χ3n) is 1.59. The Bertz CT molecular complexity index is 300. The summed E-state index contributed by atoms with van der Waals surface area (Å²) >= 11 is 0. The van der Waals surface area contributed by atoms with Crippen molar-refractivity contribution in [2.75, 3.05) is 0 Å². The SMILES string of the molecule is C=CC1=CC(F)(F)C(F)C(F)=C1F. The molecule has 1 aliphatic carbocycles. The van der Waals surface area contributed by atoms with Gasteiger partial charge in [0.05, 0.1) is 0 Å². The molecule has 0 aromatic heterocycles. The van der Waals surface area contributed by atoms with Gasteiger partial charge in [-0.2, -0.15) is 8.78 Å². The Kier molecular flexibility index (Phi) is 2.28. The summed E-state index contributed by atoms with van der Waals surface area (Å²) in [5.74, 6) is -7.71. The molecule has 0 N–H and O–H groups in total. The highest BCUT2D eigenvalue weighted by atomic mass is 19.3. The predicted molar refractivity (Wildman–Crippen MR) is 37.4 cm³/mol. The molecule has 0 heterocycles. The number of hydrogen-bond acceptors (Lipinski definition) is 0. The predicted octanol–water partition coefficient (Wildman–Crippen LogP) is 3.24. The Morgan fingerprint density at radius 3 is 2.38 bits per heavy atom. The van der Waals surface area contributed by atoms with E-state index >= 15 is 0 Å². The monoisotopic (exact) mass is 196 g/mol. The van der Waals surface area contributed by atoms with Gasteiger partial charge in [-0.1, -0.05) is 12.7 Å². The number of halogens is 5. The first-order valence-corrected chi connectivity index (χ1v) is 3.33. The molecule has 1 rings (SSSR count). The Labute approximate surface area is 71.0 Å². The van der Waals surface area contributed by atoms with Crippen LogP contribution in [0.3, 0.4) is 0 Å². The topological polar surface area (TPSA) is 0 Å². The molecule has 5 heteroatoms. The molecule has 13 heavy (non-hydrogen) atoms. The molecular weight excluding hydrogens is 191 g/mol. The van der Waals surface area contributed by atoms with Crippen LogP contribution in [0.2, 0.25) is 0 Å². The van der Waals surface area contributed by atoms with Crippen LogP contribution in [0, 0.1) is 0 Å². The van der Waals surface area contributed by atoms with E-state index in [2.05, 4.69) is 6.58 Å². The van der Waals surface area contributed by atoms with Crippen molar-refractivity contribution < 1.29 is 22.0 Å². The maximum absolute atomic E-state index is 12.6. The quantitative estimate of drug-likeness (QED) is 0.565. The molecule has 1 atom stereocenters. The second-order valence-electron chi connectivity index (χ2n) is 2.50. The van der Waals surface area contributed by atoms with Gasteiger partial charge in [0.2, 0.25) is 6.17 Å². The number of hydrogen-bond donors (Lipinski definition) is 0. The van der Waals surface area contributed by atoms with Crippen LogP contribution in [0.1, 0.15) is 0 Å². The molecule has 0 amide bonds. The van der Waals surface area contributed by atoms with Gasteiger partial charge in [0.1, 0.15) is 0 Å². The second kappa shape index (κ2) is 2.97. The summed E-state index contributed by atoms with van der Waals surface area (Å²) in [7, 11) is 0. The van der Waals surface area contributed by atoms with Gasteiger partial charge < -0.3 is 0 Å². The van der Waals surface area contributed by atoms with Crippen LogP contribution in [0.15, 0.2) is 36.0 Å². The van der Waals surface area contributed by atoms with Crippen molar-refractivity contribution in [3.8, 4) is 0 Å². The van der Waals surface area contributed by atoms with Crippen LogP contribution in [0.25, 0.3) is 0 Å². The smallest absolute Gasteiger partial charge is 0.232 e. The minimum atomic E-state index is -4.01. The summed E-state index contributed by atoms with van der Waals surface area (Å²) in [6.45, 7) is 2.99. The van der Waals surface area contributed by atoms with E-state index in [9.17, 15) is 22.0 Å². The molecule has 0 aliphatic heterocycles. The van der Waals surface area contributed by atoms with E-state index in [4.69, 9.17) is 0 Å². The maximum atomic E-state index is 12.6. The van der Waals surface area contributed by atoms with Crippen molar-refractivity contribution >= 4 is 0 Å².